The van der Waals surface area contributed by atoms with E-state index >= 15 is 0 Å². The van der Waals surface area contributed by atoms with E-state index in [0.29, 0.717) is 12.5 Å². The van der Waals surface area contributed by atoms with Gasteiger partial charge in [0, 0.05) is 12.6 Å². The maximum Gasteiger partial charge on any atom is 0.260 e. The topological polar surface area (TPSA) is 78.1 Å². The van der Waals surface area contributed by atoms with Crippen LogP contribution < -0.4 is 5.32 Å². The number of nitrogens with zero attached hydrogens (tertiary/aromatic N) is 2. The summed E-state index contributed by atoms with van der Waals surface area (Å²) in [6, 6.07) is 1.70. The number of hydrogen-bond donors (Lipinski definition) is 2. The molecule has 0 spiro atoms. The van der Waals surface area contributed by atoms with E-state index in [1.165, 1.54) is 12.3 Å². The summed E-state index contributed by atoms with van der Waals surface area (Å²) in [5.41, 5.74) is 0. The van der Waals surface area contributed by atoms with E-state index in [-0.39, 0.29) is 11.1 Å². The lowest BCUT2D eigenvalue weighted by molar-refractivity contribution is 0.234. The Hall–Kier alpha value is -0.920. The second-order valence-corrected chi connectivity index (χ2v) is 7.19. The predicted molar refractivity (Wildman–Crippen MR) is 71.1 cm³/mol. The summed E-state index contributed by atoms with van der Waals surface area (Å²) in [4.78, 5) is 0. The van der Waals surface area contributed by atoms with Crippen molar-refractivity contribution in [3.8, 4) is 0 Å². The molecule has 0 amide bonds. The Kier molecular flexibility index (Phi) is 3.60. The molecule has 0 bridgehead atoms. The molecular weight excluding hydrogens is 264 g/mol. The molecule has 2 aliphatic rings. The van der Waals surface area contributed by atoms with Crippen molar-refractivity contribution in [3.63, 3.8) is 0 Å². The summed E-state index contributed by atoms with van der Waals surface area (Å²) < 4.78 is 26.9. The lowest BCUT2D eigenvalue weighted by Crippen LogP contribution is -2.43. The third-order valence-electron chi connectivity index (χ3n) is 4.24. The zero-order valence-electron chi connectivity index (χ0n) is 10.9. The highest BCUT2D eigenvalue weighted by Gasteiger charge is 2.40. The minimum Gasteiger partial charge on any atom is -0.317 e. The summed E-state index contributed by atoms with van der Waals surface area (Å²) >= 11 is 0. The van der Waals surface area contributed by atoms with Crippen LogP contribution in [-0.2, 0) is 10.0 Å². The number of H-pyrrole nitrogens is 1. The van der Waals surface area contributed by atoms with Gasteiger partial charge in [-0.2, -0.15) is 9.40 Å². The molecule has 0 aliphatic carbocycles. The van der Waals surface area contributed by atoms with Crippen molar-refractivity contribution in [2.75, 3.05) is 19.6 Å². The Morgan fingerprint density at radius 1 is 1.26 bits per heavy atom. The number of rotatable bonds is 3. The monoisotopic (exact) mass is 284 g/mol. The summed E-state index contributed by atoms with van der Waals surface area (Å²) in [5.74, 6) is 0.487. The summed E-state index contributed by atoms with van der Waals surface area (Å²) in [5, 5.41) is 9.89. The highest BCUT2D eigenvalue weighted by atomic mass is 32.2. The first-order valence-corrected chi connectivity index (χ1v) is 8.35. The van der Waals surface area contributed by atoms with Gasteiger partial charge in [0.05, 0.1) is 6.20 Å². The molecule has 6 nitrogen and oxygen atoms in total. The molecule has 2 saturated heterocycles. The number of nitrogens with one attached hydrogen (secondary N) is 2. The van der Waals surface area contributed by atoms with Crippen LogP contribution in [0.1, 0.15) is 25.7 Å². The van der Waals surface area contributed by atoms with Gasteiger partial charge in [0.15, 0.2) is 5.03 Å². The highest BCUT2D eigenvalue weighted by Crippen LogP contribution is 2.33. The standard InChI is InChI=1S/C12H20N4O2S/c17-19(18,12-5-8-14-15-12)16-9-1-2-11(16)10-3-6-13-7-4-10/h5,8,10-11,13H,1-4,6-7,9H2,(H,14,15). The Labute approximate surface area is 113 Å². The number of aromatic nitrogens is 2. The Morgan fingerprint density at radius 3 is 2.74 bits per heavy atom. The Morgan fingerprint density at radius 2 is 2.05 bits per heavy atom. The zero-order chi connectivity index (χ0) is 13.3. The molecule has 2 aliphatic heterocycles. The van der Waals surface area contributed by atoms with Crippen LogP contribution in [-0.4, -0.2) is 48.6 Å². The van der Waals surface area contributed by atoms with E-state index in [2.05, 4.69) is 15.5 Å². The third kappa shape index (κ3) is 2.42. The number of aromatic amines is 1. The average molecular weight is 284 g/mol. The van der Waals surface area contributed by atoms with Crippen LogP contribution in [0.5, 0.6) is 0 Å². The molecule has 1 atom stereocenters. The van der Waals surface area contributed by atoms with Gasteiger partial charge in [0.1, 0.15) is 0 Å². The minimum atomic E-state index is -3.40. The maximum absolute atomic E-state index is 12.6. The molecule has 1 unspecified atom stereocenters. The fourth-order valence-electron chi connectivity index (χ4n) is 3.28. The second kappa shape index (κ2) is 5.22. The first kappa shape index (κ1) is 13.1. The number of sulfonamides is 1. The molecular formula is C12H20N4O2S. The van der Waals surface area contributed by atoms with Gasteiger partial charge in [-0.05, 0) is 50.8 Å². The molecule has 2 N–H and O–H groups in total. The third-order valence-corrected chi connectivity index (χ3v) is 6.09. The van der Waals surface area contributed by atoms with Crippen molar-refractivity contribution in [1.82, 2.24) is 19.8 Å². The minimum absolute atomic E-state index is 0.162. The van der Waals surface area contributed by atoms with Gasteiger partial charge in [-0.15, -0.1) is 0 Å². The average Bonchev–Trinajstić information content (AvgIpc) is 3.11. The van der Waals surface area contributed by atoms with Gasteiger partial charge in [0.2, 0.25) is 0 Å². The molecule has 7 heteroatoms. The van der Waals surface area contributed by atoms with Crippen LogP contribution in [0.3, 0.4) is 0 Å². The van der Waals surface area contributed by atoms with Gasteiger partial charge in [-0.3, -0.25) is 5.10 Å². The second-order valence-electron chi connectivity index (χ2n) is 5.33. The van der Waals surface area contributed by atoms with Crippen LogP contribution >= 0.6 is 0 Å². The van der Waals surface area contributed by atoms with Crippen LogP contribution in [0.15, 0.2) is 17.3 Å². The Bertz CT molecular complexity index is 508. The van der Waals surface area contributed by atoms with E-state index in [1.807, 2.05) is 0 Å². The SMILES string of the molecule is O=S(=O)(c1ccn[nH]1)N1CCCC1C1CCNCC1. The zero-order valence-corrected chi connectivity index (χ0v) is 11.7. The molecule has 106 valence electrons. The summed E-state index contributed by atoms with van der Waals surface area (Å²) in [7, 11) is -3.40. The molecule has 1 aromatic heterocycles. The molecule has 19 heavy (non-hydrogen) atoms. The quantitative estimate of drug-likeness (QED) is 0.850. The largest absolute Gasteiger partial charge is 0.317 e. The first-order chi connectivity index (χ1) is 9.19. The summed E-state index contributed by atoms with van der Waals surface area (Å²) in [6.07, 6.45) is 5.57. The molecule has 0 aromatic carbocycles. The van der Waals surface area contributed by atoms with Crippen molar-refractivity contribution < 1.29 is 8.42 Å². The summed E-state index contributed by atoms with van der Waals surface area (Å²) in [6.45, 7) is 2.63. The van der Waals surface area contributed by atoms with E-state index in [4.69, 9.17) is 0 Å². The first-order valence-electron chi connectivity index (χ1n) is 6.91. The normalized spacial score (nSPS) is 26.8. The molecule has 1 aromatic rings. The fourth-order valence-corrected chi connectivity index (χ4v) is 4.93. The predicted octanol–water partition coefficient (Wildman–Crippen LogP) is 0.562. The maximum atomic E-state index is 12.6. The van der Waals surface area contributed by atoms with Crippen molar-refractivity contribution in [2.45, 2.75) is 36.8 Å². The van der Waals surface area contributed by atoms with E-state index in [1.54, 1.807) is 4.31 Å². The van der Waals surface area contributed by atoms with E-state index < -0.39 is 10.0 Å². The van der Waals surface area contributed by atoms with Crippen molar-refractivity contribution in [2.24, 2.45) is 5.92 Å². The van der Waals surface area contributed by atoms with Gasteiger partial charge < -0.3 is 5.32 Å². The van der Waals surface area contributed by atoms with Gasteiger partial charge in [-0.25, -0.2) is 8.42 Å². The van der Waals surface area contributed by atoms with Crippen molar-refractivity contribution in [1.29, 1.82) is 0 Å². The van der Waals surface area contributed by atoms with Crippen molar-refractivity contribution in [3.05, 3.63) is 12.3 Å². The fraction of sp³-hybridized carbons (Fsp3) is 0.750. The van der Waals surface area contributed by atoms with Gasteiger partial charge >= 0.3 is 0 Å². The Balaban J connectivity index is 1.83. The molecule has 3 rings (SSSR count). The molecule has 2 fully saturated rings. The highest BCUT2D eigenvalue weighted by molar-refractivity contribution is 7.89. The lowest BCUT2D eigenvalue weighted by Gasteiger charge is -2.33. The number of piperidine rings is 1. The lowest BCUT2D eigenvalue weighted by atomic mass is 9.89. The van der Waals surface area contributed by atoms with E-state index in [0.717, 1.165) is 38.8 Å². The van der Waals surface area contributed by atoms with E-state index in [9.17, 15) is 8.42 Å². The molecule has 0 radical (unpaired) electrons. The molecule has 0 saturated carbocycles. The van der Waals surface area contributed by atoms with Gasteiger partial charge in [-0.1, -0.05) is 0 Å². The van der Waals surface area contributed by atoms with Crippen LogP contribution in [0.2, 0.25) is 0 Å². The smallest absolute Gasteiger partial charge is 0.260 e. The van der Waals surface area contributed by atoms with Crippen LogP contribution in [0, 0.1) is 5.92 Å². The van der Waals surface area contributed by atoms with Crippen molar-refractivity contribution >= 4 is 10.0 Å². The van der Waals surface area contributed by atoms with Crippen LogP contribution in [0.25, 0.3) is 0 Å². The molecule has 3 heterocycles. The number of hydrogen-bond acceptors (Lipinski definition) is 4. The van der Waals surface area contributed by atoms with Crippen LogP contribution in [0.4, 0.5) is 0 Å². The van der Waals surface area contributed by atoms with Gasteiger partial charge in [0.25, 0.3) is 10.0 Å².